The van der Waals surface area contributed by atoms with Crippen LogP contribution in [0.2, 0.25) is 0 Å². The first-order chi connectivity index (χ1) is 8.65. The van der Waals surface area contributed by atoms with E-state index in [1.54, 1.807) is 13.2 Å². The topological polar surface area (TPSA) is 41.5 Å². The van der Waals surface area contributed by atoms with Crippen molar-refractivity contribution in [1.29, 1.82) is 0 Å². The Kier molecular flexibility index (Phi) is 6.58. The van der Waals surface area contributed by atoms with E-state index in [4.69, 9.17) is 4.74 Å². The Morgan fingerprint density at radius 1 is 1.28 bits per heavy atom. The van der Waals surface area contributed by atoms with Crippen molar-refractivity contribution in [1.82, 2.24) is 5.32 Å². The Labute approximate surface area is 110 Å². The van der Waals surface area contributed by atoms with Crippen molar-refractivity contribution in [3.05, 3.63) is 23.8 Å². The molecule has 0 saturated heterocycles. The molecule has 0 aliphatic rings. The number of ether oxygens (including phenoxy) is 1. The highest BCUT2D eigenvalue weighted by Gasteiger charge is 2.06. The second-order valence-electron chi connectivity index (χ2n) is 5.03. The van der Waals surface area contributed by atoms with E-state index in [0.29, 0.717) is 12.3 Å². The molecular formula is C15H25NO2. The first-order valence-corrected chi connectivity index (χ1v) is 6.70. The van der Waals surface area contributed by atoms with E-state index in [2.05, 4.69) is 19.2 Å². The summed E-state index contributed by atoms with van der Waals surface area (Å²) in [7, 11) is 1.57. The van der Waals surface area contributed by atoms with E-state index in [1.165, 1.54) is 19.3 Å². The number of phenols is 1. The van der Waals surface area contributed by atoms with Crippen LogP contribution in [0.4, 0.5) is 0 Å². The maximum atomic E-state index is 9.90. The van der Waals surface area contributed by atoms with Gasteiger partial charge >= 0.3 is 0 Å². The lowest BCUT2D eigenvalue weighted by atomic mass is 10.1. The van der Waals surface area contributed by atoms with Crippen LogP contribution >= 0.6 is 0 Å². The van der Waals surface area contributed by atoms with Gasteiger partial charge in [-0.3, -0.25) is 0 Å². The summed E-state index contributed by atoms with van der Waals surface area (Å²) >= 11 is 0. The predicted molar refractivity (Wildman–Crippen MR) is 75.1 cm³/mol. The number of nitrogens with one attached hydrogen (secondary N) is 1. The van der Waals surface area contributed by atoms with E-state index in [0.717, 1.165) is 18.0 Å². The monoisotopic (exact) mass is 251 g/mol. The summed E-state index contributed by atoms with van der Waals surface area (Å²) in [5.74, 6) is 1.57. The molecular weight excluding hydrogens is 226 g/mol. The third-order valence-electron chi connectivity index (χ3n) is 3.00. The smallest absolute Gasteiger partial charge is 0.162 e. The predicted octanol–water partition coefficient (Wildman–Crippen LogP) is 3.32. The summed E-state index contributed by atoms with van der Waals surface area (Å²) in [5, 5.41) is 13.3. The summed E-state index contributed by atoms with van der Waals surface area (Å²) in [6.07, 6.45) is 3.73. The van der Waals surface area contributed by atoms with Crippen molar-refractivity contribution in [2.24, 2.45) is 5.92 Å². The minimum Gasteiger partial charge on any atom is -0.504 e. The Morgan fingerprint density at radius 2 is 2.06 bits per heavy atom. The van der Waals surface area contributed by atoms with Gasteiger partial charge in [0.25, 0.3) is 0 Å². The first kappa shape index (κ1) is 14.8. The molecule has 3 nitrogen and oxygen atoms in total. The van der Waals surface area contributed by atoms with Crippen LogP contribution in [0.15, 0.2) is 18.2 Å². The van der Waals surface area contributed by atoms with Crippen molar-refractivity contribution < 1.29 is 9.84 Å². The quantitative estimate of drug-likeness (QED) is 0.696. The average molecular weight is 251 g/mol. The molecule has 0 aliphatic heterocycles. The fourth-order valence-corrected chi connectivity index (χ4v) is 1.90. The molecule has 0 unspecified atom stereocenters. The Morgan fingerprint density at radius 3 is 2.72 bits per heavy atom. The molecule has 2 N–H and O–H groups in total. The van der Waals surface area contributed by atoms with Crippen LogP contribution in [0.5, 0.6) is 11.5 Å². The number of phenolic OH excluding ortho intramolecular Hbond substituents is 1. The highest BCUT2D eigenvalue weighted by atomic mass is 16.5. The number of aromatic hydroxyl groups is 1. The van der Waals surface area contributed by atoms with E-state index in [1.807, 2.05) is 12.1 Å². The second kappa shape index (κ2) is 7.98. The van der Waals surface area contributed by atoms with Gasteiger partial charge in [-0.05, 0) is 24.9 Å². The van der Waals surface area contributed by atoms with E-state index in [-0.39, 0.29) is 5.75 Å². The molecule has 0 bridgehead atoms. The highest BCUT2D eigenvalue weighted by molar-refractivity contribution is 5.45. The number of hydrogen-bond donors (Lipinski definition) is 2. The second-order valence-corrected chi connectivity index (χ2v) is 5.03. The molecule has 0 atom stereocenters. The molecule has 0 heterocycles. The maximum absolute atomic E-state index is 9.90. The van der Waals surface area contributed by atoms with Crippen molar-refractivity contribution >= 4 is 0 Å². The summed E-state index contributed by atoms with van der Waals surface area (Å²) in [5.41, 5.74) is 0.887. The molecule has 1 aromatic carbocycles. The zero-order chi connectivity index (χ0) is 13.4. The van der Waals surface area contributed by atoms with Gasteiger partial charge in [0, 0.05) is 12.1 Å². The van der Waals surface area contributed by atoms with Gasteiger partial charge in [0.2, 0.25) is 0 Å². The van der Waals surface area contributed by atoms with Gasteiger partial charge in [0.1, 0.15) is 0 Å². The van der Waals surface area contributed by atoms with E-state index >= 15 is 0 Å². The molecule has 1 aromatic rings. The van der Waals surface area contributed by atoms with Gasteiger partial charge in [0.05, 0.1) is 7.11 Å². The molecule has 0 saturated carbocycles. The SMILES string of the molecule is COc1cccc(CNCCCCC(C)C)c1O. The summed E-state index contributed by atoms with van der Waals surface area (Å²) in [4.78, 5) is 0. The normalized spacial score (nSPS) is 10.9. The van der Waals surface area contributed by atoms with Crippen molar-refractivity contribution in [2.75, 3.05) is 13.7 Å². The number of rotatable bonds is 8. The average Bonchev–Trinajstić information content (AvgIpc) is 2.35. The van der Waals surface area contributed by atoms with Crippen molar-refractivity contribution in [3.63, 3.8) is 0 Å². The van der Waals surface area contributed by atoms with Crippen LogP contribution in [0.25, 0.3) is 0 Å². The van der Waals surface area contributed by atoms with E-state index in [9.17, 15) is 5.11 Å². The number of unbranched alkanes of at least 4 members (excludes halogenated alkanes) is 1. The lowest BCUT2D eigenvalue weighted by Crippen LogP contribution is -2.15. The molecule has 18 heavy (non-hydrogen) atoms. The molecule has 0 amide bonds. The fraction of sp³-hybridized carbons (Fsp3) is 0.600. The lowest BCUT2D eigenvalue weighted by Gasteiger charge is -2.10. The maximum Gasteiger partial charge on any atom is 0.162 e. The summed E-state index contributed by atoms with van der Waals surface area (Å²) in [6, 6.07) is 5.58. The molecule has 1 rings (SSSR count). The van der Waals surface area contributed by atoms with Gasteiger partial charge in [-0.25, -0.2) is 0 Å². The summed E-state index contributed by atoms with van der Waals surface area (Å²) in [6.45, 7) is 6.18. The van der Waals surface area contributed by atoms with Crippen LogP contribution in [-0.4, -0.2) is 18.8 Å². The molecule has 3 heteroatoms. The molecule has 0 fully saturated rings. The Bertz CT molecular complexity index is 350. The van der Waals surface area contributed by atoms with E-state index < -0.39 is 0 Å². The van der Waals surface area contributed by atoms with Crippen LogP contribution in [-0.2, 0) is 6.54 Å². The fourth-order valence-electron chi connectivity index (χ4n) is 1.90. The standard InChI is InChI=1S/C15H25NO2/c1-12(2)7-4-5-10-16-11-13-8-6-9-14(18-3)15(13)17/h6,8-9,12,16-17H,4-5,7,10-11H2,1-3H3. The zero-order valence-corrected chi connectivity index (χ0v) is 11.7. The minimum atomic E-state index is 0.245. The van der Waals surface area contributed by atoms with Gasteiger partial charge in [0.15, 0.2) is 11.5 Å². The Balaban J connectivity index is 2.27. The van der Waals surface area contributed by atoms with Gasteiger partial charge in [-0.1, -0.05) is 38.8 Å². The van der Waals surface area contributed by atoms with Crippen LogP contribution in [0.3, 0.4) is 0 Å². The summed E-state index contributed by atoms with van der Waals surface area (Å²) < 4.78 is 5.08. The van der Waals surface area contributed by atoms with Gasteiger partial charge in [-0.15, -0.1) is 0 Å². The van der Waals surface area contributed by atoms with Crippen molar-refractivity contribution in [3.8, 4) is 11.5 Å². The lowest BCUT2D eigenvalue weighted by molar-refractivity contribution is 0.369. The third-order valence-corrected chi connectivity index (χ3v) is 3.00. The van der Waals surface area contributed by atoms with Crippen LogP contribution in [0.1, 0.15) is 38.7 Å². The minimum absolute atomic E-state index is 0.245. The van der Waals surface area contributed by atoms with Crippen molar-refractivity contribution in [2.45, 2.75) is 39.7 Å². The van der Waals surface area contributed by atoms with Crippen LogP contribution in [0, 0.1) is 5.92 Å². The van der Waals surface area contributed by atoms with Gasteiger partial charge < -0.3 is 15.2 Å². The Hall–Kier alpha value is -1.22. The number of para-hydroxylation sites is 1. The third kappa shape index (κ3) is 4.96. The molecule has 102 valence electrons. The highest BCUT2D eigenvalue weighted by Crippen LogP contribution is 2.28. The molecule has 0 spiro atoms. The first-order valence-electron chi connectivity index (χ1n) is 6.70. The van der Waals surface area contributed by atoms with Crippen LogP contribution < -0.4 is 10.1 Å². The number of methoxy groups -OCH3 is 1. The van der Waals surface area contributed by atoms with Gasteiger partial charge in [-0.2, -0.15) is 0 Å². The number of benzene rings is 1. The molecule has 0 aromatic heterocycles. The molecule has 0 radical (unpaired) electrons. The zero-order valence-electron chi connectivity index (χ0n) is 11.7. The molecule has 0 aliphatic carbocycles. The number of hydrogen-bond acceptors (Lipinski definition) is 3. The largest absolute Gasteiger partial charge is 0.504 e.